The smallest absolute Gasteiger partial charge is 0.231 e. The van der Waals surface area contributed by atoms with Crippen LogP contribution < -0.4 is 24.8 Å². The molecule has 0 spiro atoms. The molecule has 1 aliphatic rings. The summed E-state index contributed by atoms with van der Waals surface area (Å²) in [6, 6.07) is 3.59. The van der Waals surface area contributed by atoms with Crippen molar-refractivity contribution in [2.75, 3.05) is 71.4 Å². The lowest BCUT2D eigenvalue weighted by Gasteiger charge is -2.26. The van der Waals surface area contributed by atoms with E-state index in [1.807, 2.05) is 0 Å². The second-order valence-electron chi connectivity index (χ2n) is 6.92. The number of ether oxygens (including phenoxy) is 4. The number of methoxy groups -OCH3 is 3. The Labute approximate surface area is 180 Å². The predicted molar refractivity (Wildman–Crippen MR) is 117 cm³/mol. The standard InChI is InChI=1S/C20H27N7O4/c1-28-14-10-13(11-15(29-2)17(14)30-3)24-20-25-18(16-19(26-20)23-12-22-16)21-4-5-27-6-8-31-9-7-27/h10-12H,4-9H2,1-3H3,(H3,21,22,23,24,25,26). The van der Waals surface area contributed by atoms with Gasteiger partial charge < -0.3 is 34.6 Å². The SMILES string of the molecule is COc1cc(Nc2nc(NCCN3CCOCC3)c3[nH]cnc3n2)cc(OC)c1OC. The van der Waals surface area contributed by atoms with Crippen LogP contribution in [-0.4, -0.2) is 85.6 Å². The van der Waals surface area contributed by atoms with Gasteiger partial charge in [0, 0.05) is 44.0 Å². The summed E-state index contributed by atoms with van der Waals surface area (Å²) in [6.45, 7) is 5.09. The van der Waals surface area contributed by atoms with Gasteiger partial charge in [0.1, 0.15) is 5.52 Å². The molecule has 4 rings (SSSR count). The summed E-state index contributed by atoms with van der Waals surface area (Å²) in [5.74, 6) is 2.68. The second kappa shape index (κ2) is 9.67. The van der Waals surface area contributed by atoms with Crippen LogP contribution in [0.15, 0.2) is 18.5 Å². The minimum Gasteiger partial charge on any atom is -0.493 e. The molecule has 3 heterocycles. The van der Waals surface area contributed by atoms with Crippen LogP contribution in [-0.2, 0) is 4.74 Å². The Balaban J connectivity index is 1.54. The molecule has 1 aromatic carbocycles. The van der Waals surface area contributed by atoms with Gasteiger partial charge in [0.2, 0.25) is 11.7 Å². The second-order valence-corrected chi connectivity index (χ2v) is 6.92. The highest BCUT2D eigenvalue weighted by Gasteiger charge is 2.16. The first kappa shape index (κ1) is 20.9. The molecule has 3 N–H and O–H groups in total. The Morgan fingerprint density at radius 3 is 2.48 bits per heavy atom. The first-order chi connectivity index (χ1) is 15.2. The average Bonchev–Trinajstić information content (AvgIpc) is 3.28. The number of nitrogens with one attached hydrogen (secondary N) is 3. The summed E-state index contributed by atoms with van der Waals surface area (Å²) in [6.07, 6.45) is 1.61. The molecule has 11 nitrogen and oxygen atoms in total. The van der Waals surface area contributed by atoms with Crippen molar-refractivity contribution >= 4 is 28.6 Å². The van der Waals surface area contributed by atoms with E-state index in [-0.39, 0.29) is 0 Å². The highest BCUT2D eigenvalue weighted by molar-refractivity contribution is 5.84. The first-order valence-electron chi connectivity index (χ1n) is 10.0. The molecule has 0 amide bonds. The van der Waals surface area contributed by atoms with Gasteiger partial charge in [0.15, 0.2) is 23.0 Å². The highest BCUT2D eigenvalue weighted by Crippen LogP contribution is 2.40. The van der Waals surface area contributed by atoms with Gasteiger partial charge in [-0.1, -0.05) is 0 Å². The number of aromatic amines is 1. The fraction of sp³-hybridized carbons (Fsp3) is 0.450. The number of hydrogen-bond donors (Lipinski definition) is 3. The maximum absolute atomic E-state index is 5.42. The molecule has 11 heteroatoms. The molecule has 31 heavy (non-hydrogen) atoms. The summed E-state index contributed by atoms with van der Waals surface area (Å²) in [7, 11) is 4.71. The monoisotopic (exact) mass is 429 g/mol. The lowest BCUT2D eigenvalue weighted by atomic mass is 10.2. The van der Waals surface area contributed by atoms with Gasteiger partial charge >= 0.3 is 0 Å². The van der Waals surface area contributed by atoms with Gasteiger partial charge in [0.05, 0.1) is 40.9 Å². The number of fused-ring (bicyclic) bond motifs is 1. The zero-order chi connectivity index (χ0) is 21.6. The summed E-state index contributed by atoms with van der Waals surface area (Å²) in [5.41, 5.74) is 2.03. The number of hydrogen-bond acceptors (Lipinski definition) is 10. The van der Waals surface area contributed by atoms with Crippen LogP contribution in [0.4, 0.5) is 17.5 Å². The molecule has 1 aliphatic heterocycles. The first-order valence-corrected chi connectivity index (χ1v) is 10.0. The molecular formula is C20H27N7O4. The fourth-order valence-corrected chi connectivity index (χ4v) is 3.46. The zero-order valence-corrected chi connectivity index (χ0v) is 17.9. The molecule has 0 aliphatic carbocycles. The van der Waals surface area contributed by atoms with Crippen molar-refractivity contribution in [2.24, 2.45) is 0 Å². The Kier molecular flexibility index (Phi) is 6.53. The third-order valence-electron chi connectivity index (χ3n) is 5.03. The molecule has 166 valence electrons. The molecule has 1 saturated heterocycles. The van der Waals surface area contributed by atoms with E-state index >= 15 is 0 Å². The molecule has 3 aromatic rings. The number of nitrogens with zero attached hydrogens (tertiary/aromatic N) is 4. The predicted octanol–water partition coefficient (Wildman–Crippen LogP) is 1.87. The highest BCUT2D eigenvalue weighted by atomic mass is 16.5. The summed E-state index contributed by atoms with van der Waals surface area (Å²) >= 11 is 0. The molecule has 0 unspecified atom stereocenters. The Hall–Kier alpha value is -3.31. The van der Waals surface area contributed by atoms with Gasteiger partial charge in [-0.05, 0) is 0 Å². The van der Waals surface area contributed by atoms with Gasteiger partial charge in [0.25, 0.3) is 0 Å². The topological polar surface area (TPSA) is 119 Å². The van der Waals surface area contributed by atoms with Crippen molar-refractivity contribution in [3.8, 4) is 17.2 Å². The van der Waals surface area contributed by atoms with Crippen LogP contribution in [0, 0.1) is 0 Å². The van der Waals surface area contributed by atoms with Gasteiger partial charge in [-0.25, -0.2) is 4.98 Å². The van der Waals surface area contributed by atoms with E-state index in [1.54, 1.807) is 39.8 Å². The molecule has 2 aromatic heterocycles. The van der Waals surface area contributed by atoms with Crippen molar-refractivity contribution in [3.63, 3.8) is 0 Å². The Morgan fingerprint density at radius 1 is 1.06 bits per heavy atom. The van der Waals surface area contributed by atoms with Crippen LogP contribution >= 0.6 is 0 Å². The molecule has 0 radical (unpaired) electrons. The largest absolute Gasteiger partial charge is 0.493 e. The lowest BCUT2D eigenvalue weighted by Crippen LogP contribution is -2.39. The summed E-state index contributed by atoms with van der Waals surface area (Å²) < 4.78 is 21.6. The summed E-state index contributed by atoms with van der Waals surface area (Å²) in [5, 5.41) is 6.60. The van der Waals surface area contributed by atoms with E-state index in [9.17, 15) is 0 Å². The van der Waals surface area contributed by atoms with Gasteiger partial charge in [-0.2, -0.15) is 9.97 Å². The van der Waals surface area contributed by atoms with E-state index in [0.717, 1.165) is 44.9 Å². The van der Waals surface area contributed by atoms with Gasteiger partial charge in [-0.15, -0.1) is 0 Å². The average molecular weight is 429 g/mol. The van der Waals surface area contributed by atoms with Crippen LogP contribution in [0.3, 0.4) is 0 Å². The van der Waals surface area contributed by atoms with Crippen molar-refractivity contribution < 1.29 is 18.9 Å². The number of aromatic nitrogens is 4. The van der Waals surface area contributed by atoms with Crippen LogP contribution in [0.25, 0.3) is 11.2 Å². The molecule has 0 atom stereocenters. The third kappa shape index (κ3) is 4.72. The van der Waals surface area contributed by atoms with Crippen LogP contribution in [0.2, 0.25) is 0 Å². The number of anilines is 3. The van der Waals surface area contributed by atoms with Crippen molar-refractivity contribution in [3.05, 3.63) is 18.5 Å². The number of rotatable bonds is 9. The normalized spacial score (nSPS) is 14.4. The summed E-state index contributed by atoms with van der Waals surface area (Å²) in [4.78, 5) is 18.9. The van der Waals surface area contributed by atoms with Crippen molar-refractivity contribution in [1.29, 1.82) is 0 Å². The van der Waals surface area contributed by atoms with Crippen LogP contribution in [0.5, 0.6) is 17.2 Å². The number of morpholine rings is 1. The van der Waals surface area contributed by atoms with E-state index in [4.69, 9.17) is 18.9 Å². The molecule has 0 saturated carbocycles. The molecular weight excluding hydrogens is 402 g/mol. The molecule has 1 fully saturated rings. The lowest BCUT2D eigenvalue weighted by molar-refractivity contribution is 0.0398. The third-order valence-corrected chi connectivity index (χ3v) is 5.03. The Morgan fingerprint density at radius 2 is 1.81 bits per heavy atom. The fourth-order valence-electron chi connectivity index (χ4n) is 3.46. The zero-order valence-electron chi connectivity index (χ0n) is 17.9. The molecule has 0 bridgehead atoms. The van der Waals surface area contributed by atoms with E-state index in [0.29, 0.717) is 40.3 Å². The number of imidazole rings is 1. The Bertz CT molecular complexity index is 995. The van der Waals surface area contributed by atoms with Gasteiger partial charge in [-0.3, -0.25) is 4.90 Å². The minimum absolute atomic E-state index is 0.405. The van der Waals surface area contributed by atoms with Crippen LogP contribution in [0.1, 0.15) is 0 Å². The number of benzene rings is 1. The quantitative estimate of drug-likeness (QED) is 0.465. The number of H-pyrrole nitrogens is 1. The van der Waals surface area contributed by atoms with E-state index < -0.39 is 0 Å². The van der Waals surface area contributed by atoms with Crippen molar-refractivity contribution in [2.45, 2.75) is 0 Å². The van der Waals surface area contributed by atoms with E-state index in [2.05, 4.69) is 35.5 Å². The van der Waals surface area contributed by atoms with E-state index in [1.165, 1.54) is 0 Å². The maximum atomic E-state index is 5.42. The maximum Gasteiger partial charge on any atom is 0.231 e. The minimum atomic E-state index is 0.405. The van der Waals surface area contributed by atoms with Crippen molar-refractivity contribution in [1.82, 2.24) is 24.8 Å².